The first-order valence-electron chi connectivity index (χ1n) is 10.4. The molecule has 1 saturated heterocycles. The summed E-state index contributed by atoms with van der Waals surface area (Å²) in [6.07, 6.45) is 8.44. The van der Waals surface area contributed by atoms with Gasteiger partial charge in [-0.15, -0.1) is 0 Å². The summed E-state index contributed by atoms with van der Waals surface area (Å²) in [4.78, 5) is 12.6. The third-order valence-electron chi connectivity index (χ3n) is 5.98. The number of anilines is 1. The van der Waals surface area contributed by atoms with E-state index in [1.165, 1.54) is 43.5 Å². The lowest BCUT2D eigenvalue weighted by atomic mass is 10.1. The summed E-state index contributed by atoms with van der Waals surface area (Å²) in [5.41, 5.74) is 2.62. The van der Waals surface area contributed by atoms with Crippen molar-refractivity contribution < 1.29 is 4.74 Å². The van der Waals surface area contributed by atoms with E-state index < -0.39 is 0 Å². The van der Waals surface area contributed by atoms with Crippen molar-refractivity contribution in [3.63, 3.8) is 0 Å². The minimum absolute atomic E-state index is 0.682. The van der Waals surface area contributed by atoms with E-state index in [-0.39, 0.29) is 0 Å². The van der Waals surface area contributed by atoms with E-state index in [9.17, 15) is 0 Å². The third-order valence-corrected chi connectivity index (χ3v) is 5.98. The van der Waals surface area contributed by atoms with Gasteiger partial charge in [-0.3, -0.25) is 4.90 Å². The molecular formula is C20H33N5O. The third kappa shape index (κ3) is 4.53. The van der Waals surface area contributed by atoms with Crippen molar-refractivity contribution in [1.82, 2.24) is 20.2 Å². The Kier molecular flexibility index (Phi) is 6.02. The maximum absolute atomic E-state index is 5.21. The molecule has 1 atom stereocenters. The van der Waals surface area contributed by atoms with E-state index in [0.29, 0.717) is 12.6 Å². The minimum atomic E-state index is 0.682. The molecule has 0 radical (unpaired) electrons. The van der Waals surface area contributed by atoms with Gasteiger partial charge in [-0.1, -0.05) is 0 Å². The molecule has 0 bridgehead atoms. The first kappa shape index (κ1) is 18.1. The summed E-state index contributed by atoms with van der Waals surface area (Å²) in [5, 5.41) is 7.08. The molecule has 2 aliphatic heterocycles. The van der Waals surface area contributed by atoms with Gasteiger partial charge in [-0.05, 0) is 44.6 Å². The molecule has 1 aromatic rings. The van der Waals surface area contributed by atoms with Gasteiger partial charge in [0, 0.05) is 57.7 Å². The lowest BCUT2D eigenvalue weighted by Gasteiger charge is -2.33. The Bertz CT molecular complexity index is 598. The van der Waals surface area contributed by atoms with Crippen LogP contribution in [0.1, 0.15) is 42.8 Å². The maximum atomic E-state index is 5.21. The highest BCUT2D eigenvalue weighted by molar-refractivity contribution is 5.47. The van der Waals surface area contributed by atoms with Gasteiger partial charge in [0.05, 0.1) is 12.3 Å². The Morgan fingerprint density at radius 1 is 1.19 bits per heavy atom. The second-order valence-corrected chi connectivity index (χ2v) is 8.02. The number of hydrogen-bond acceptors (Lipinski definition) is 6. The van der Waals surface area contributed by atoms with Crippen molar-refractivity contribution >= 4 is 5.82 Å². The molecule has 0 amide bonds. The van der Waals surface area contributed by atoms with Gasteiger partial charge in [-0.25, -0.2) is 9.97 Å². The molecule has 1 aliphatic carbocycles. The SMILES string of the molecule is COCCNc1nc(CC2CC2)nc2c1CCN(C1CCCNC1)CC2. The molecule has 1 unspecified atom stereocenters. The largest absolute Gasteiger partial charge is 0.383 e. The molecule has 1 saturated carbocycles. The summed E-state index contributed by atoms with van der Waals surface area (Å²) in [6.45, 7) is 6.05. The number of aromatic nitrogens is 2. The quantitative estimate of drug-likeness (QED) is 0.722. The van der Waals surface area contributed by atoms with Gasteiger partial charge in [0.15, 0.2) is 0 Å². The number of ether oxygens (including phenoxy) is 1. The summed E-state index contributed by atoms with van der Waals surface area (Å²) in [6, 6.07) is 0.682. The molecule has 0 spiro atoms. The molecule has 3 heterocycles. The molecule has 2 fully saturated rings. The van der Waals surface area contributed by atoms with Crippen LogP contribution in [-0.4, -0.2) is 67.4 Å². The normalized spacial score (nSPS) is 24.1. The second kappa shape index (κ2) is 8.63. The number of piperidine rings is 1. The van der Waals surface area contributed by atoms with Gasteiger partial charge in [0.1, 0.15) is 11.6 Å². The zero-order valence-electron chi connectivity index (χ0n) is 16.1. The van der Waals surface area contributed by atoms with E-state index in [1.54, 1.807) is 7.11 Å². The zero-order chi connectivity index (χ0) is 17.8. The maximum Gasteiger partial charge on any atom is 0.133 e. The molecule has 2 N–H and O–H groups in total. The van der Waals surface area contributed by atoms with E-state index in [4.69, 9.17) is 14.7 Å². The van der Waals surface area contributed by atoms with Crippen LogP contribution >= 0.6 is 0 Å². The Balaban J connectivity index is 1.50. The highest BCUT2D eigenvalue weighted by Gasteiger charge is 2.27. The first-order chi connectivity index (χ1) is 12.8. The molecule has 26 heavy (non-hydrogen) atoms. The standard InChI is InChI=1S/C20H33N5O/c1-26-12-9-22-20-17-6-10-25(16-3-2-8-21-14-16)11-7-18(17)23-19(24-20)13-15-4-5-15/h15-16,21H,2-14H2,1H3,(H,22,23,24). The number of nitrogens with zero attached hydrogens (tertiary/aromatic N) is 3. The number of fused-ring (bicyclic) bond motifs is 1. The van der Waals surface area contributed by atoms with Crippen LogP contribution in [0.25, 0.3) is 0 Å². The van der Waals surface area contributed by atoms with Gasteiger partial charge in [0.25, 0.3) is 0 Å². The van der Waals surface area contributed by atoms with Gasteiger partial charge < -0.3 is 15.4 Å². The van der Waals surface area contributed by atoms with E-state index in [2.05, 4.69) is 15.5 Å². The summed E-state index contributed by atoms with van der Waals surface area (Å²) >= 11 is 0. The summed E-state index contributed by atoms with van der Waals surface area (Å²) in [5.74, 6) is 2.92. The van der Waals surface area contributed by atoms with Crippen molar-refractivity contribution in [3.8, 4) is 0 Å². The molecule has 3 aliphatic rings. The van der Waals surface area contributed by atoms with Crippen molar-refractivity contribution in [2.45, 2.75) is 51.0 Å². The fourth-order valence-corrected chi connectivity index (χ4v) is 4.27. The molecule has 144 valence electrons. The highest BCUT2D eigenvalue weighted by atomic mass is 16.5. The van der Waals surface area contributed by atoms with Crippen LogP contribution in [0.3, 0.4) is 0 Å². The van der Waals surface area contributed by atoms with Gasteiger partial charge >= 0.3 is 0 Å². The average Bonchev–Trinajstić information content (AvgIpc) is 3.49. The van der Waals surface area contributed by atoms with Crippen LogP contribution in [0.2, 0.25) is 0 Å². The molecular weight excluding hydrogens is 326 g/mol. The monoisotopic (exact) mass is 359 g/mol. The van der Waals surface area contributed by atoms with Crippen molar-refractivity contribution in [1.29, 1.82) is 0 Å². The van der Waals surface area contributed by atoms with Crippen LogP contribution in [-0.2, 0) is 24.0 Å². The lowest BCUT2D eigenvalue weighted by Crippen LogP contribution is -2.46. The number of rotatable bonds is 7. The predicted octanol–water partition coefficient (Wildman–Crippen LogP) is 1.64. The Morgan fingerprint density at radius 3 is 2.85 bits per heavy atom. The van der Waals surface area contributed by atoms with Crippen LogP contribution in [0, 0.1) is 5.92 Å². The first-order valence-corrected chi connectivity index (χ1v) is 10.4. The fraction of sp³-hybridized carbons (Fsp3) is 0.800. The van der Waals surface area contributed by atoms with E-state index in [1.807, 2.05) is 0 Å². The van der Waals surface area contributed by atoms with Crippen LogP contribution in [0.5, 0.6) is 0 Å². The summed E-state index contributed by atoms with van der Waals surface area (Å²) < 4.78 is 5.21. The average molecular weight is 360 g/mol. The molecule has 6 nitrogen and oxygen atoms in total. The second-order valence-electron chi connectivity index (χ2n) is 8.02. The molecule has 0 aromatic carbocycles. The number of methoxy groups -OCH3 is 1. The topological polar surface area (TPSA) is 62.3 Å². The van der Waals surface area contributed by atoms with Gasteiger partial charge in [0.2, 0.25) is 0 Å². The lowest BCUT2D eigenvalue weighted by molar-refractivity contribution is 0.173. The van der Waals surface area contributed by atoms with Crippen molar-refractivity contribution in [2.24, 2.45) is 5.92 Å². The minimum Gasteiger partial charge on any atom is -0.383 e. The van der Waals surface area contributed by atoms with Crippen LogP contribution in [0.4, 0.5) is 5.82 Å². The van der Waals surface area contributed by atoms with Crippen molar-refractivity contribution in [2.75, 3.05) is 51.8 Å². The van der Waals surface area contributed by atoms with Gasteiger partial charge in [-0.2, -0.15) is 0 Å². The number of nitrogens with one attached hydrogen (secondary N) is 2. The Hall–Kier alpha value is -1.24. The molecule has 1 aromatic heterocycles. The van der Waals surface area contributed by atoms with Crippen molar-refractivity contribution in [3.05, 3.63) is 17.1 Å². The zero-order valence-corrected chi connectivity index (χ0v) is 16.1. The van der Waals surface area contributed by atoms with Crippen LogP contribution in [0.15, 0.2) is 0 Å². The van der Waals surface area contributed by atoms with E-state index in [0.717, 1.165) is 63.0 Å². The molecule has 6 heteroatoms. The fourth-order valence-electron chi connectivity index (χ4n) is 4.27. The Labute approximate surface area is 157 Å². The Morgan fingerprint density at radius 2 is 2.08 bits per heavy atom. The highest BCUT2D eigenvalue weighted by Crippen LogP contribution is 2.33. The predicted molar refractivity (Wildman–Crippen MR) is 104 cm³/mol. The van der Waals surface area contributed by atoms with E-state index >= 15 is 0 Å². The number of hydrogen-bond donors (Lipinski definition) is 2. The summed E-state index contributed by atoms with van der Waals surface area (Å²) in [7, 11) is 1.75. The molecule has 4 rings (SSSR count). The smallest absolute Gasteiger partial charge is 0.133 e. The van der Waals surface area contributed by atoms with Crippen LogP contribution < -0.4 is 10.6 Å².